The van der Waals surface area contributed by atoms with Crippen molar-refractivity contribution in [3.8, 4) is 0 Å². The standard InChI is InChI=1S/C12H11ClN2OS/c13-9-3-1-2-8(6-9)4-5-11-15-10(7-17-11)12(14)16/h1-3,6-7H,4-5H2,(H2,14,16). The summed E-state index contributed by atoms with van der Waals surface area (Å²) in [6.07, 6.45) is 1.64. The monoisotopic (exact) mass is 266 g/mol. The molecule has 2 N–H and O–H groups in total. The fourth-order valence-corrected chi connectivity index (χ4v) is 2.48. The Kier molecular flexibility index (Phi) is 3.76. The Balaban J connectivity index is 2.00. The lowest BCUT2D eigenvalue weighted by Gasteiger charge is -1.99. The topological polar surface area (TPSA) is 56.0 Å². The number of carbonyl (C=O) groups excluding carboxylic acids is 1. The lowest BCUT2D eigenvalue weighted by atomic mass is 10.1. The highest BCUT2D eigenvalue weighted by molar-refractivity contribution is 7.09. The van der Waals surface area contributed by atoms with Gasteiger partial charge in [-0.25, -0.2) is 4.98 Å². The summed E-state index contributed by atoms with van der Waals surface area (Å²) in [4.78, 5) is 15.0. The normalized spacial score (nSPS) is 10.4. The van der Waals surface area contributed by atoms with E-state index >= 15 is 0 Å². The van der Waals surface area contributed by atoms with E-state index in [4.69, 9.17) is 17.3 Å². The molecule has 2 rings (SSSR count). The van der Waals surface area contributed by atoms with E-state index < -0.39 is 5.91 Å². The van der Waals surface area contributed by atoms with Crippen molar-refractivity contribution in [1.82, 2.24) is 4.98 Å². The van der Waals surface area contributed by atoms with E-state index in [0.717, 1.165) is 28.4 Å². The quantitative estimate of drug-likeness (QED) is 0.925. The number of rotatable bonds is 4. The Hall–Kier alpha value is -1.39. The molecule has 0 saturated heterocycles. The van der Waals surface area contributed by atoms with Gasteiger partial charge in [0, 0.05) is 16.8 Å². The number of amides is 1. The third-order valence-corrected chi connectivity index (χ3v) is 3.46. The van der Waals surface area contributed by atoms with Crippen molar-refractivity contribution in [2.75, 3.05) is 0 Å². The van der Waals surface area contributed by atoms with Crippen molar-refractivity contribution in [2.45, 2.75) is 12.8 Å². The molecule has 1 amide bonds. The number of aromatic nitrogens is 1. The largest absolute Gasteiger partial charge is 0.364 e. The van der Waals surface area contributed by atoms with Crippen LogP contribution < -0.4 is 5.73 Å². The Labute approximate surface area is 108 Å². The molecule has 5 heteroatoms. The molecule has 17 heavy (non-hydrogen) atoms. The fraction of sp³-hybridized carbons (Fsp3) is 0.167. The van der Waals surface area contributed by atoms with Crippen LogP contribution in [-0.4, -0.2) is 10.9 Å². The molecule has 2 aromatic rings. The van der Waals surface area contributed by atoms with Gasteiger partial charge >= 0.3 is 0 Å². The van der Waals surface area contributed by atoms with E-state index in [-0.39, 0.29) is 0 Å². The van der Waals surface area contributed by atoms with Gasteiger partial charge in [0.2, 0.25) is 0 Å². The summed E-state index contributed by atoms with van der Waals surface area (Å²) in [7, 11) is 0. The van der Waals surface area contributed by atoms with Crippen LogP contribution in [0, 0.1) is 0 Å². The molecule has 0 atom stereocenters. The zero-order chi connectivity index (χ0) is 12.3. The molecule has 1 heterocycles. The van der Waals surface area contributed by atoms with Crippen LogP contribution in [0.25, 0.3) is 0 Å². The molecule has 0 saturated carbocycles. The van der Waals surface area contributed by atoms with E-state index in [1.807, 2.05) is 24.3 Å². The SMILES string of the molecule is NC(=O)c1csc(CCc2cccc(Cl)c2)n1. The van der Waals surface area contributed by atoms with E-state index in [9.17, 15) is 4.79 Å². The van der Waals surface area contributed by atoms with Crippen LogP contribution in [0.5, 0.6) is 0 Å². The molecule has 88 valence electrons. The number of thiazole rings is 1. The molecule has 3 nitrogen and oxygen atoms in total. The average Bonchev–Trinajstić information content (AvgIpc) is 2.75. The van der Waals surface area contributed by atoms with Crippen LogP contribution in [-0.2, 0) is 12.8 Å². The highest BCUT2D eigenvalue weighted by atomic mass is 35.5. The van der Waals surface area contributed by atoms with Gasteiger partial charge in [-0.1, -0.05) is 23.7 Å². The third kappa shape index (κ3) is 3.28. The molecule has 1 aromatic carbocycles. The first-order valence-corrected chi connectivity index (χ1v) is 6.39. The summed E-state index contributed by atoms with van der Waals surface area (Å²) in [6, 6.07) is 7.73. The van der Waals surface area contributed by atoms with Crippen molar-refractivity contribution in [3.63, 3.8) is 0 Å². The summed E-state index contributed by atoms with van der Waals surface area (Å²) in [5, 5.41) is 3.34. The fourth-order valence-electron chi connectivity index (χ4n) is 1.48. The maximum absolute atomic E-state index is 10.9. The van der Waals surface area contributed by atoms with E-state index in [2.05, 4.69) is 4.98 Å². The minimum absolute atomic E-state index is 0.344. The van der Waals surface area contributed by atoms with Gasteiger partial charge in [0.1, 0.15) is 5.69 Å². The number of benzene rings is 1. The first-order chi connectivity index (χ1) is 8.15. The molecule has 0 aliphatic carbocycles. The first-order valence-electron chi connectivity index (χ1n) is 5.14. The van der Waals surface area contributed by atoms with Gasteiger partial charge in [0.15, 0.2) is 0 Å². The van der Waals surface area contributed by atoms with Crippen molar-refractivity contribution in [2.24, 2.45) is 5.73 Å². The maximum atomic E-state index is 10.9. The van der Waals surface area contributed by atoms with E-state index in [0.29, 0.717) is 5.69 Å². The second-order valence-corrected chi connectivity index (χ2v) is 5.00. The third-order valence-electron chi connectivity index (χ3n) is 2.32. The lowest BCUT2D eigenvalue weighted by Crippen LogP contribution is -2.11. The highest BCUT2D eigenvalue weighted by Gasteiger charge is 2.06. The second-order valence-electron chi connectivity index (χ2n) is 3.62. The van der Waals surface area contributed by atoms with Crippen molar-refractivity contribution in [3.05, 3.63) is 50.9 Å². The highest BCUT2D eigenvalue weighted by Crippen LogP contribution is 2.15. The smallest absolute Gasteiger partial charge is 0.268 e. The Morgan fingerprint density at radius 3 is 2.88 bits per heavy atom. The molecule has 0 aliphatic heterocycles. The zero-order valence-electron chi connectivity index (χ0n) is 9.02. The Morgan fingerprint density at radius 2 is 2.24 bits per heavy atom. The number of halogens is 1. The second kappa shape index (κ2) is 5.29. The summed E-state index contributed by atoms with van der Waals surface area (Å²) >= 11 is 7.35. The molecule has 0 bridgehead atoms. The van der Waals surface area contributed by atoms with Gasteiger partial charge in [-0.2, -0.15) is 0 Å². The molecule has 1 aromatic heterocycles. The number of hydrogen-bond acceptors (Lipinski definition) is 3. The van der Waals surface area contributed by atoms with E-state index in [1.54, 1.807) is 5.38 Å². The molecule has 0 radical (unpaired) electrons. The van der Waals surface area contributed by atoms with Crippen LogP contribution in [0.15, 0.2) is 29.6 Å². The number of hydrogen-bond donors (Lipinski definition) is 1. The predicted octanol–water partition coefficient (Wildman–Crippen LogP) is 2.68. The van der Waals surface area contributed by atoms with E-state index in [1.165, 1.54) is 11.3 Å². The predicted molar refractivity (Wildman–Crippen MR) is 69.5 cm³/mol. The van der Waals surface area contributed by atoms with Crippen molar-refractivity contribution < 1.29 is 4.79 Å². The van der Waals surface area contributed by atoms with Crippen LogP contribution in [0.2, 0.25) is 5.02 Å². The van der Waals surface area contributed by atoms with Gasteiger partial charge in [-0.3, -0.25) is 4.79 Å². The molecule has 0 unspecified atom stereocenters. The number of nitrogens with zero attached hydrogens (tertiary/aromatic N) is 1. The summed E-state index contributed by atoms with van der Waals surface area (Å²) in [5.41, 5.74) is 6.65. The summed E-state index contributed by atoms with van der Waals surface area (Å²) < 4.78 is 0. The number of nitrogens with two attached hydrogens (primary N) is 1. The first kappa shape index (κ1) is 12.1. The lowest BCUT2D eigenvalue weighted by molar-refractivity contribution is 0.0996. The van der Waals surface area contributed by atoms with Crippen LogP contribution >= 0.6 is 22.9 Å². The number of carbonyl (C=O) groups is 1. The number of primary amides is 1. The molecule has 0 aliphatic rings. The molecule has 0 spiro atoms. The van der Waals surface area contributed by atoms with Gasteiger partial charge < -0.3 is 5.73 Å². The van der Waals surface area contributed by atoms with Gasteiger partial charge in [-0.05, 0) is 24.1 Å². The average molecular weight is 267 g/mol. The minimum atomic E-state index is -0.477. The van der Waals surface area contributed by atoms with Crippen LogP contribution in [0.4, 0.5) is 0 Å². The van der Waals surface area contributed by atoms with Gasteiger partial charge in [0.05, 0.1) is 5.01 Å². The van der Waals surface area contributed by atoms with Gasteiger partial charge in [-0.15, -0.1) is 11.3 Å². The molecular formula is C12H11ClN2OS. The molecule has 0 fully saturated rings. The van der Waals surface area contributed by atoms with Gasteiger partial charge in [0.25, 0.3) is 5.91 Å². The van der Waals surface area contributed by atoms with Crippen molar-refractivity contribution in [1.29, 1.82) is 0 Å². The van der Waals surface area contributed by atoms with Crippen LogP contribution in [0.1, 0.15) is 21.1 Å². The number of aryl methyl sites for hydroxylation is 2. The summed E-state index contributed by atoms with van der Waals surface area (Å²) in [5.74, 6) is -0.477. The molecular weight excluding hydrogens is 256 g/mol. The van der Waals surface area contributed by atoms with Crippen LogP contribution in [0.3, 0.4) is 0 Å². The maximum Gasteiger partial charge on any atom is 0.268 e. The Morgan fingerprint density at radius 1 is 1.41 bits per heavy atom. The Bertz CT molecular complexity index is 539. The zero-order valence-corrected chi connectivity index (χ0v) is 10.6. The minimum Gasteiger partial charge on any atom is -0.364 e. The summed E-state index contributed by atoms with van der Waals surface area (Å²) in [6.45, 7) is 0. The van der Waals surface area contributed by atoms with Crippen molar-refractivity contribution >= 4 is 28.8 Å².